The topological polar surface area (TPSA) is 84.9 Å². The summed E-state index contributed by atoms with van der Waals surface area (Å²) >= 11 is 0. The molecule has 2 heterocycles. The molecule has 2 unspecified atom stereocenters. The molecule has 8 heteroatoms. The molecule has 1 N–H and O–H groups in total. The summed E-state index contributed by atoms with van der Waals surface area (Å²) in [4.78, 5) is 12.6. The summed E-state index contributed by atoms with van der Waals surface area (Å²) in [6, 6.07) is 5.43. The number of fused-ring (bicyclic) bond motifs is 1. The molecular weight excluding hydrogens is 344 g/mol. The van der Waals surface area contributed by atoms with Crippen LogP contribution in [0.25, 0.3) is 0 Å². The third-order valence-electron chi connectivity index (χ3n) is 4.65. The minimum atomic E-state index is -3.26. The van der Waals surface area contributed by atoms with Gasteiger partial charge >= 0.3 is 0 Å². The molecule has 0 spiro atoms. The number of hydrogen-bond acceptors (Lipinski definition) is 5. The number of nitrogens with one attached hydrogen (secondary N) is 1. The van der Waals surface area contributed by atoms with Crippen LogP contribution >= 0.6 is 0 Å². The lowest BCUT2D eigenvalue weighted by atomic mass is 9.97. The number of piperidine rings is 1. The highest BCUT2D eigenvalue weighted by Crippen LogP contribution is 2.32. The Morgan fingerprint density at radius 2 is 2.00 bits per heavy atom. The molecular formula is C17H24N2O5S. The summed E-state index contributed by atoms with van der Waals surface area (Å²) in [5, 5.41) is 2.99. The van der Waals surface area contributed by atoms with E-state index in [4.69, 9.17) is 9.47 Å². The highest BCUT2D eigenvalue weighted by atomic mass is 32.2. The third-order valence-corrected chi connectivity index (χ3v) is 5.92. The van der Waals surface area contributed by atoms with E-state index in [1.807, 2.05) is 25.1 Å². The lowest BCUT2D eigenvalue weighted by Crippen LogP contribution is -2.45. The molecule has 1 aromatic carbocycles. The fraction of sp³-hybridized carbons (Fsp3) is 0.588. The highest BCUT2D eigenvalue weighted by Gasteiger charge is 2.30. The molecule has 0 radical (unpaired) electrons. The smallest absolute Gasteiger partial charge is 0.224 e. The zero-order chi connectivity index (χ0) is 18.0. The molecule has 0 aromatic heterocycles. The average molecular weight is 368 g/mol. The van der Waals surface area contributed by atoms with Crippen molar-refractivity contribution in [1.82, 2.24) is 9.62 Å². The largest absolute Gasteiger partial charge is 0.486 e. The molecule has 2 aliphatic heterocycles. The summed E-state index contributed by atoms with van der Waals surface area (Å²) in [6.45, 7) is 3.69. The molecule has 3 rings (SSSR count). The molecule has 138 valence electrons. The highest BCUT2D eigenvalue weighted by molar-refractivity contribution is 7.88. The summed E-state index contributed by atoms with van der Waals surface area (Å²) in [5.41, 5.74) is 0.924. The fourth-order valence-electron chi connectivity index (χ4n) is 3.20. The Morgan fingerprint density at radius 3 is 2.72 bits per heavy atom. The van der Waals surface area contributed by atoms with Crippen molar-refractivity contribution < 1.29 is 22.7 Å². The van der Waals surface area contributed by atoms with Crippen LogP contribution in [0.2, 0.25) is 0 Å². The van der Waals surface area contributed by atoms with Crippen LogP contribution in [0.3, 0.4) is 0 Å². The Kier molecular flexibility index (Phi) is 5.19. The van der Waals surface area contributed by atoms with Gasteiger partial charge in [-0.1, -0.05) is 6.07 Å². The predicted octanol–water partition coefficient (Wildman–Crippen LogP) is 1.31. The van der Waals surface area contributed by atoms with Gasteiger partial charge in [-0.3, -0.25) is 4.79 Å². The lowest BCUT2D eigenvalue weighted by Gasteiger charge is -2.31. The Morgan fingerprint density at radius 1 is 1.28 bits per heavy atom. The summed E-state index contributed by atoms with van der Waals surface area (Å²) in [5.74, 6) is 0.967. The maximum Gasteiger partial charge on any atom is 0.224 e. The van der Waals surface area contributed by atoms with E-state index in [9.17, 15) is 13.2 Å². The van der Waals surface area contributed by atoms with Gasteiger partial charge < -0.3 is 14.8 Å². The van der Waals surface area contributed by atoms with Crippen LogP contribution in [0, 0.1) is 5.92 Å². The van der Waals surface area contributed by atoms with Crippen molar-refractivity contribution in [3.63, 3.8) is 0 Å². The van der Waals surface area contributed by atoms with E-state index >= 15 is 0 Å². The molecule has 7 nitrogen and oxygen atoms in total. The van der Waals surface area contributed by atoms with E-state index in [-0.39, 0.29) is 24.4 Å². The zero-order valence-corrected chi connectivity index (χ0v) is 15.3. The van der Waals surface area contributed by atoms with E-state index in [1.165, 1.54) is 10.6 Å². The van der Waals surface area contributed by atoms with Gasteiger partial charge in [0, 0.05) is 13.1 Å². The van der Waals surface area contributed by atoms with Gasteiger partial charge in [0.25, 0.3) is 0 Å². The minimum absolute atomic E-state index is 0.115. The summed E-state index contributed by atoms with van der Waals surface area (Å²) in [6.07, 6.45) is 2.58. The number of carbonyl (C=O) groups excluding carboxylic acids is 1. The Balaban J connectivity index is 1.64. The standard InChI is InChI=1S/C17H24N2O5S/c1-12(13-5-6-15-16(10-13)24-9-8-23-15)18-17(20)14-4-3-7-19(11-14)25(2,21)22/h5-6,10,12,14H,3-4,7-9,11H2,1-2H3,(H,18,20). The van der Waals surface area contributed by atoms with Gasteiger partial charge in [0.15, 0.2) is 11.5 Å². The number of sulfonamides is 1. The number of rotatable bonds is 4. The van der Waals surface area contributed by atoms with Crippen molar-refractivity contribution in [2.45, 2.75) is 25.8 Å². The van der Waals surface area contributed by atoms with Crippen LogP contribution in [-0.2, 0) is 14.8 Å². The Bertz CT molecular complexity index is 749. The Hall–Kier alpha value is -1.80. The van der Waals surface area contributed by atoms with Crippen molar-refractivity contribution in [3.05, 3.63) is 23.8 Å². The predicted molar refractivity (Wildman–Crippen MR) is 93.1 cm³/mol. The number of amides is 1. The second-order valence-corrected chi connectivity index (χ2v) is 8.58. The van der Waals surface area contributed by atoms with Crippen molar-refractivity contribution in [2.24, 2.45) is 5.92 Å². The van der Waals surface area contributed by atoms with Crippen molar-refractivity contribution >= 4 is 15.9 Å². The van der Waals surface area contributed by atoms with E-state index < -0.39 is 10.0 Å². The number of benzene rings is 1. The first kappa shape index (κ1) is 18.0. The lowest BCUT2D eigenvalue weighted by molar-refractivity contribution is -0.126. The molecule has 1 saturated heterocycles. The quantitative estimate of drug-likeness (QED) is 0.866. The van der Waals surface area contributed by atoms with Crippen LogP contribution in [0.15, 0.2) is 18.2 Å². The summed E-state index contributed by atoms with van der Waals surface area (Å²) in [7, 11) is -3.26. The van der Waals surface area contributed by atoms with Gasteiger partial charge in [0.05, 0.1) is 18.2 Å². The monoisotopic (exact) mass is 368 g/mol. The zero-order valence-electron chi connectivity index (χ0n) is 14.5. The molecule has 1 amide bonds. The second-order valence-electron chi connectivity index (χ2n) is 6.59. The number of hydrogen-bond donors (Lipinski definition) is 1. The average Bonchev–Trinajstić information content (AvgIpc) is 2.60. The van der Waals surface area contributed by atoms with Crippen LogP contribution < -0.4 is 14.8 Å². The first-order valence-electron chi connectivity index (χ1n) is 8.49. The number of nitrogens with zero attached hydrogens (tertiary/aromatic N) is 1. The van der Waals surface area contributed by atoms with E-state index in [0.717, 1.165) is 5.56 Å². The molecule has 1 fully saturated rings. The van der Waals surface area contributed by atoms with Crippen LogP contribution in [0.1, 0.15) is 31.4 Å². The van der Waals surface area contributed by atoms with Gasteiger partial charge in [-0.2, -0.15) is 0 Å². The molecule has 0 bridgehead atoms. The normalized spacial score (nSPS) is 22.2. The van der Waals surface area contributed by atoms with Crippen molar-refractivity contribution in [2.75, 3.05) is 32.6 Å². The van der Waals surface area contributed by atoms with Crippen molar-refractivity contribution in [1.29, 1.82) is 0 Å². The van der Waals surface area contributed by atoms with Gasteiger partial charge in [-0.05, 0) is 37.5 Å². The molecule has 2 aliphatic rings. The van der Waals surface area contributed by atoms with Crippen molar-refractivity contribution in [3.8, 4) is 11.5 Å². The van der Waals surface area contributed by atoms with Gasteiger partial charge in [0.2, 0.25) is 15.9 Å². The molecule has 2 atom stereocenters. The van der Waals surface area contributed by atoms with E-state index in [0.29, 0.717) is 44.1 Å². The number of carbonyl (C=O) groups is 1. The molecule has 0 aliphatic carbocycles. The van der Waals surface area contributed by atoms with Gasteiger partial charge in [-0.25, -0.2) is 12.7 Å². The number of ether oxygens (including phenoxy) is 2. The van der Waals surface area contributed by atoms with Gasteiger partial charge in [-0.15, -0.1) is 0 Å². The van der Waals surface area contributed by atoms with Gasteiger partial charge in [0.1, 0.15) is 13.2 Å². The maximum absolute atomic E-state index is 12.6. The first-order valence-corrected chi connectivity index (χ1v) is 10.3. The maximum atomic E-state index is 12.6. The fourth-order valence-corrected chi connectivity index (χ4v) is 4.11. The molecule has 0 saturated carbocycles. The second kappa shape index (κ2) is 7.21. The third kappa shape index (κ3) is 4.24. The van der Waals surface area contributed by atoms with Crippen LogP contribution in [-0.4, -0.2) is 51.2 Å². The van der Waals surface area contributed by atoms with E-state index in [2.05, 4.69) is 5.32 Å². The first-order chi connectivity index (χ1) is 11.8. The minimum Gasteiger partial charge on any atom is -0.486 e. The van der Waals surface area contributed by atoms with Crippen LogP contribution in [0.5, 0.6) is 11.5 Å². The van der Waals surface area contributed by atoms with Crippen LogP contribution in [0.4, 0.5) is 0 Å². The Labute approximate surface area is 148 Å². The molecule has 1 aromatic rings. The van der Waals surface area contributed by atoms with E-state index in [1.54, 1.807) is 0 Å². The summed E-state index contributed by atoms with van der Waals surface area (Å²) < 4.78 is 35.9. The SMILES string of the molecule is CC(NC(=O)C1CCCN(S(C)(=O)=O)C1)c1ccc2c(c1)OCCO2. The molecule has 25 heavy (non-hydrogen) atoms.